The quantitative estimate of drug-likeness (QED) is 0.338. The predicted molar refractivity (Wildman–Crippen MR) is 134 cm³/mol. The average Bonchev–Trinajstić information content (AvgIpc) is 3.18. The summed E-state index contributed by atoms with van der Waals surface area (Å²) in [6.45, 7) is 0.660. The second-order valence-electron chi connectivity index (χ2n) is 8.28. The highest BCUT2D eigenvalue weighted by molar-refractivity contribution is 6.06. The molecule has 0 aliphatic rings. The SMILES string of the molecule is CN(Cc1ccc(Oc2ccc(Cn3c(=O)[nH]c4c(N)nc5ccccc5c43)cc2)cc1)C(=O)O. The molecule has 0 aliphatic heterocycles. The molecule has 0 saturated carbocycles. The number of para-hydroxylation sites is 1. The molecule has 0 radical (unpaired) electrons. The first-order valence-electron chi connectivity index (χ1n) is 11.0. The molecule has 5 rings (SSSR count). The van der Waals surface area contributed by atoms with Crippen LogP contribution in [0.2, 0.25) is 0 Å². The second-order valence-corrected chi connectivity index (χ2v) is 8.28. The molecule has 5 aromatic rings. The number of carbonyl (C=O) groups is 1. The van der Waals surface area contributed by atoms with Crippen molar-refractivity contribution in [2.24, 2.45) is 0 Å². The molecule has 0 saturated heterocycles. The van der Waals surface area contributed by atoms with Crippen LogP contribution in [-0.4, -0.2) is 37.7 Å². The number of anilines is 1. The van der Waals surface area contributed by atoms with Gasteiger partial charge in [0.15, 0.2) is 0 Å². The van der Waals surface area contributed by atoms with Crippen LogP contribution in [0.4, 0.5) is 10.6 Å². The fourth-order valence-electron chi connectivity index (χ4n) is 4.03. The number of benzene rings is 3. The smallest absolute Gasteiger partial charge is 0.407 e. The van der Waals surface area contributed by atoms with Gasteiger partial charge in [0, 0.05) is 19.0 Å². The van der Waals surface area contributed by atoms with Crippen LogP contribution in [0.25, 0.3) is 21.9 Å². The van der Waals surface area contributed by atoms with Crippen molar-refractivity contribution < 1.29 is 14.6 Å². The first-order chi connectivity index (χ1) is 16.9. The number of aromatic amines is 1. The van der Waals surface area contributed by atoms with Crippen LogP contribution in [0.1, 0.15) is 11.1 Å². The monoisotopic (exact) mass is 469 g/mol. The summed E-state index contributed by atoms with van der Waals surface area (Å²) in [6, 6.07) is 22.3. The third-order valence-corrected chi connectivity index (χ3v) is 5.81. The molecule has 0 bridgehead atoms. The number of nitrogen functional groups attached to an aromatic ring is 1. The predicted octanol–water partition coefficient (Wildman–Crippen LogP) is 4.41. The topological polar surface area (TPSA) is 126 Å². The number of pyridine rings is 1. The molecule has 0 atom stereocenters. The minimum atomic E-state index is -0.978. The van der Waals surface area contributed by atoms with Gasteiger partial charge >= 0.3 is 11.8 Å². The summed E-state index contributed by atoms with van der Waals surface area (Å²) in [7, 11) is 1.52. The molecule has 176 valence electrons. The van der Waals surface area contributed by atoms with E-state index in [0.717, 1.165) is 27.5 Å². The van der Waals surface area contributed by atoms with Crippen LogP contribution < -0.4 is 16.2 Å². The number of ether oxygens (including phenoxy) is 1. The molecule has 9 heteroatoms. The number of nitrogens with zero attached hydrogens (tertiary/aromatic N) is 3. The van der Waals surface area contributed by atoms with Crippen LogP contribution in [-0.2, 0) is 13.1 Å². The maximum Gasteiger partial charge on any atom is 0.407 e. The summed E-state index contributed by atoms with van der Waals surface area (Å²) >= 11 is 0. The maximum absolute atomic E-state index is 12.7. The van der Waals surface area contributed by atoms with Gasteiger partial charge in [0.25, 0.3) is 0 Å². The summed E-state index contributed by atoms with van der Waals surface area (Å²) in [5, 5.41) is 9.85. The Morgan fingerprint density at radius 1 is 1.03 bits per heavy atom. The number of nitrogens with two attached hydrogens (primary N) is 1. The summed E-state index contributed by atoms with van der Waals surface area (Å²) in [4.78, 5) is 32.1. The number of fused-ring (bicyclic) bond motifs is 3. The number of H-pyrrole nitrogens is 1. The third-order valence-electron chi connectivity index (χ3n) is 5.81. The highest BCUT2D eigenvalue weighted by Crippen LogP contribution is 2.27. The number of hydrogen-bond donors (Lipinski definition) is 3. The van der Waals surface area contributed by atoms with Crippen molar-refractivity contribution in [2.75, 3.05) is 12.8 Å². The Bertz CT molecular complexity index is 1590. The summed E-state index contributed by atoms with van der Waals surface area (Å²) in [6.07, 6.45) is -0.978. The van der Waals surface area contributed by atoms with Crippen LogP contribution in [0.3, 0.4) is 0 Å². The number of imidazole rings is 1. The van der Waals surface area contributed by atoms with Crippen molar-refractivity contribution >= 4 is 33.8 Å². The van der Waals surface area contributed by atoms with Gasteiger partial charge in [0.2, 0.25) is 0 Å². The van der Waals surface area contributed by atoms with E-state index in [4.69, 9.17) is 15.6 Å². The maximum atomic E-state index is 12.7. The highest BCUT2D eigenvalue weighted by atomic mass is 16.5. The zero-order valence-electron chi connectivity index (χ0n) is 18.9. The third kappa shape index (κ3) is 4.39. The molecular formula is C26H23N5O4. The number of hydrogen-bond acceptors (Lipinski definition) is 5. The van der Waals surface area contributed by atoms with Gasteiger partial charge in [-0.25, -0.2) is 14.6 Å². The lowest BCUT2D eigenvalue weighted by atomic mass is 10.1. The minimum absolute atomic E-state index is 0.251. The number of rotatable bonds is 6. The zero-order chi connectivity index (χ0) is 24.5. The van der Waals surface area contributed by atoms with Crippen LogP contribution in [0.5, 0.6) is 11.5 Å². The van der Waals surface area contributed by atoms with Crippen LogP contribution in [0, 0.1) is 0 Å². The highest BCUT2D eigenvalue weighted by Gasteiger charge is 2.15. The standard InChI is InChI=1S/C26H23N5O4/c1-30(26(33)34)14-16-6-10-18(11-7-16)35-19-12-8-17(9-13-19)15-31-23-20-4-2-3-5-21(20)28-24(27)22(23)29-25(31)32/h2-13H,14-15H2,1H3,(H2,27,28)(H,29,32)(H,33,34). The van der Waals surface area contributed by atoms with Crippen molar-refractivity contribution in [3.8, 4) is 11.5 Å². The Morgan fingerprint density at radius 3 is 2.31 bits per heavy atom. The van der Waals surface area contributed by atoms with E-state index in [2.05, 4.69) is 9.97 Å². The largest absolute Gasteiger partial charge is 0.465 e. The molecule has 35 heavy (non-hydrogen) atoms. The minimum Gasteiger partial charge on any atom is -0.465 e. The van der Waals surface area contributed by atoms with Gasteiger partial charge in [0.1, 0.15) is 22.8 Å². The van der Waals surface area contributed by atoms with Crippen LogP contribution >= 0.6 is 0 Å². The van der Waals surface area contributed by atoms with E-state index in [1.54, 1.807) is 16.7 Å². The molecule has 2 aromatic heterocycles. The van der Waals surface area contributed by atoms with Crippen LogP contribution in [0.15, 0.2) is 77.6 Å². The van der Waals surface area contributed by atoms with E-state index in [1.165, 1.54) is 11.9 Å². The number of nitrogens with one attached hydrogen (secondary N) is 1. The molecule has 9 nitrogen and oxygen atoms in total. The van der Waals surface area contributed by atoms with E-state index < -0.39 is 6.09 Å². The average molecular weight is 470 g/mol. The lowest BCUT2D eigenvalue weighted by Gasteiger charge is -2.13. The molecule has 2 heterocycles. The Labute approximate surface area is 200 Å². The molecule has 4 N–H and O–H groups in total. The van der Waals surface area contributed by atoms with Gasteiger partial charge in [0.05, 0.1) is 17.6 Å². The molecule has 1 amide bonds. The molecule has 0 aliphatic carbocycles. The number of amides is 1. The van der Waals surface area contributed by atoms with Gasteiger partial charge in [-0.15, -0.1) is 0 Å². The fourth-order valence-corrected chi connectivity index (χ4v) is 4.03. The molecule has 0 unspecified atom stereocenters. The fraction of sp³-hybridized carbons (Fsp3) is 0.115. The molecule has 0 spiro atoms. The van der Waals surface area contributed by atoms with Gasteiger partial charge < -0.3 is 25.5 Å². The van der Waals surface area contributed by atoms with Gasteiger partial charge in [-0.1, -0.05) is 42.5 Å². The Kier molecular flexibility index (Phi) is 5.58. The van der Waals surface area contributed by atoms with Crippen molar-refractivity contribution in [3.63, 3.8) is 0 Å². The molecular weight excluding hydrogens is 446 g/mol. The molecule has 0 fully saturated rings. The summed E-state index contributed by atoms with van der Waals surface area (Å²) in [5.41, 5.74) is 9.63. The first-order valence-corrected chi connectivity index (χ1v) is 11.0. The van der Waals surface area contributed by atoms with E-state index in [1.807, 2.05) is 60.7 Å². The van der Waals surface area contributed by atoms with Crippen molar-refractivity contribution in [1.82, 2.24) is 19.4 Å². The normalized spacial score (nSPS) is 11.1. The first kappa shape index (κ1) is 22.0. The second kappa shape index (κ2) is 8.86. The van der Waals surface area contributed by atoms with E-state index in [-0.39, 0.29) is 5.69 Å². The summed E-state index contributed by atoms with van der Waals surface area (Å²) in [5.74, 6) is 1.58. The van der Waals surface area contributed by atoms with E-state index >= 15 is 0 Å². The van der Waals surface area contributed by atoms with Crippen molar-refractivity contribution in [3.05, 3.63) is 94.4 Å². The van der Waals surface area contributed by atoms with Crippen molar-refractivity contribution in [1.29, 1.82) is 0 Å². The van der Waals surface area contributed by atoms with E-state index in [9.17, 15) is 9.59 Å². The number of carboxylic acid groups (broad SMARTS) is 1. The Balaban J connectivity index is 1.35. The number of aromatic nitrogens is 3. The van der Waals surface area contributed by atoms with Gasteiger partial charge in [-0.3, -0.25) is 4.57 Å². The molecule has 3 aromatic carbocycles. The van der Waals surface area contributed by atoms with Crippen molar-refractivity contribution in [2.45, 2.75) is 13.1 Å². The lowest BCUT2D eigenvalue weighted by molar-refractivity contribution is 0.154. The summed E-state index contributed by atoms with van der Waals surface area (Å²) < 4.78 is 7.58. The van der Waals surface area contributed by atoms with Gasteiger partial charge in [-0.2, -0.15) is 0 Å². The van der Waals surface area contributed by atoms with E-state index in [0.29, 0.717) is 35.9 Å². The Morgan fingerprint density at radius 2 is 1.66 bits per heavy atom. The lowest BCUT2D eigenvalue weighted by Crippen LogP contribution is -2.23. The Hall–Kier alpha value is -4.79. The van der Waals surface area contributed by atoms with Gasteiger partial charge in [-0.05, 0) is 41.5 Å². The zero-order valence-corrected chi connectivity index (χ0v) is 18.9.